The molecule has 0 spiro atoms. The minimum absolute atomic E-state index is 0.129. The standard InChI is InChI=1S/C18H19N3O3/c19-17(22)12-24-16-7-5-15(6-8-16)20-18(23)21-10-9-13-3-1-2-4-14(13)11-21/h1-8H,9-12H2,(H2,19,22)(H,20,23). The predicted molar refractivity (Wildman–Crippen MR) is 90.7 cm³/mol. The molecule has 0 aromatic heterocycles. The molecule has 24 heavy (non-hydrogen) atoms. The molecule has 0 radical (unpaired) electrons. The van der Waals surface area contributed by atoms with Crippen molar-refractivity contribution in [1.29, 1.82) is 0 Å². The van der Waals surface area contributed by atoms with Gasteiger partial charge in [-0.1, -0.05) is 24.3 Å². The number of nitrogens with zero attached hydrogens (tertiary/aromatic N) is 1. The summed E-state index contributed by atoms with van der Waals surface area (Å²) in [6.07, 6.45) is 0.865. The molecule has 1 aliphatic rings. The third-order valence-electron chi connectivity index (χ3n) is 3.90. The fraction of sp³-hybridized carbons (Fsp3) is 0.222. The maximum Gasteiger partial charge on any atom is 0.322 e. The van der Waals surface area contributed by atoms with Gasteiger partial charge in [0.2, 0.25) is 0 Å². The average Bonchev–Trinajstić information content (AvgIpc) is 2.60. The normalized spacial score (nSPS) is 13.1. The van der Waals surface area contributed by atoms with Crippen LogP contribution in [-0.4, -0.2) is 30.0 Å². The Balaban J connectivity index is 1.58. The summed E-state index contributed by atoms with van der Waals surface area (Å²) in [7, 11) is 0. The number of nitrogens with two attached hydrogens (primary N) is 1. The number of hydrogen-bond donors (Lipinski definition) is 2. The van der Waals surface area contributed by atoms with Crippen molar-refractivity contribution in [2.75, 3.05) is 18.5 Å². The molecular formula is C18H19N3O3. The van der Waals surface area contributed by atoms with Gasteiger partial charge in [0, 0.05) is 18.8 Å². The number of carbonyl (C=O) groups is 2. The van der Waals surface area contributed by atoms with E-state index in [2.05, 4.69) is 17.4 Å². The SMILES string of the molecule is NC(=O)COc1ccc(NC(=O)N2CCc3ccccc3C2)cc1. The first-order chi connectivity index (χ1) is 11.6. The monoisotopic (exact) mass is 325 g/mol. The molecule has 0 atom stereocenters. The molecule has 0 fully saturated rings. The summed E-state index contributed by atoms with van der Waals surface area (Å²) in [5.74, 6) is -0.00328. The number of rotatable bonds is 4. The number of carbonyl (C=O) groups excluding carboxylic acids is 2. The smallest absolute Gasteiger partial charge is 0.322 e. The van der Waals surface area contributed by atoms with E-state index in [1.165, 1.54) is 11.1 Å². The molecule has 0 saturated carbocycles. The molecule has 6 heteroatoms. The highest BCUT2D eigenvalue weighted by molar-refractivity contribution is 5.89. The zero-order valence-corrected chi connectivity index (χ0v) is 13.2. The number of amides is 3. The summed E-state index contributed by atoms with van der Waals surface area (Å²) in [5, 5.41) is 2.87. The topological polar surface area (TPSA) is 84.7 Å². The molecule has 0 bridgehead atoms. The highest BCUT2D eigenvalue weighted by atomic mass is 16.5. The number of benzene rings is 2. The Hall–Kier alpha value is -3.02. The van der Waals surface area contributed by atoms with Crippen LogP contribution >= 0.6 is 0 Å². The van der Waals surface area contributed by atoms with Crippen molar-refractivity contribution in [3.63, 3.8) is 0 Å². The molecule has 1 aliphatic heterocycles. The van der Waals surface area contributed by atoms with Crippen LogP contribution in [0, 0.1) is 0 Å². The van der Waals surface area contributed by atoms with E-state index >= 15 is 0 Å². The molecule has 0 saturated heterocycles. The van der Waals surface area contributed by atoms with Gasteiger partial charge in [0.1, 0.15) is 5.75 Å². The second-order valence-corrected chi connectivity index (χ2v) is 5.65. The van der Waals surface area contributed by atoms with Gasteiger partial charge in [0.15, 0.2) is 6.61 Å². The lowest BCUT2D eigenvalue weighted by Crippen LogP contribution is -2.38. The zero-order chi connectivity index (χ0) is 16.9. The molecule has 0 aliphatic carbocycles. The van der Waals surface area contributed by atoms with Gasteiger partial charge >= 0.3 is 6.03 Å². The number of fused-ring (bicyclic) bond motifs is 1. The molecule has 3 rings (SSSR count). The van der Waals surface area contributed by atoms with Crippen LogP contribution in [0.5, 0.6) is 5.75 Å². The second kappa shape index (κ2) is 7.04. The van der Waals surface area contributed by atoms with Crippen LogP contribution in [0.1, 0.15) is 11.1 Å². The van der Waals surface area contributed by atoms with E-state index in [-0.39, 0.29) is 12.6 Å². The van der Waals surface area contributed by atoms with Crippen molar-refractivity contribution in [3.05, 3.63) is 59.7 Å². The number of hydrogen-bond acceptors (Lipinski definition) is 3. The van der Waals surface area contributed by atoms with Crippen molar-refractivity contribution in [2.45, 2.75) is 13.0 Å². The highest BCUT2D eigenvalue weighted by Crippen LogP contribution is 2.20. The summed E-state index contributed by atoms with van der Waals surface area (Å²) >= 11 is 0. The van der Waals surface area contributed by atoms with Gasteiger partial charge in [-0.2, -0.15) is 0 Å². The van der Waals surface area contributed by atoms with E-state index < -0.39 is 5.91 Å². The first-order valence-corrected chi connectivity index (χ1v) is 7.76. The van der Waals surface area contributed by atoms with E-state index in [0.717, 1.165) is 6.42 Å². The van der Waals surface area contributed by atoms with Crippen molar-refractivity contribution >= 4 is 17.6 Å². The summed E-state index contributed by atoms with van der Waals surface area (Å²) in [5.41, 5.74) is 8.19. The van der Waals surface area contributed by atoms with Gasteiger partial charge in [-0.3, -0.25) is 4.79 Å². The van der Waals surface area contributed by atoms with E-state index in [0.29, 0.717) is 24.5 Å². The van der Waals surface area contributed by atoms with Gasteiger partial charge in [-0.25, -0.2) is 4.79 Å². The Kier molecular flexibility index (Phi) is 4.65. The van der Waals surface area contributed by atoms with Crippen molar-refractivity contribution in [3.8, 4) is 5.75 Å². The molecule has 0 unspecified atom stereocenters. The molecule has 3 N–H and O–H groups in total. The largest absolute Gasteiger partial charge is 0.484 e. The van der Waals surface area contributed by atoms with Crippen molar-refractivity contribution in [2.24, 2.45) is 5.73 Å². The van der Waals surface area contributed by atoms with Crippen LogP contribution in [0.25, 0.3) is 0 Å². The maximum absolute atomic E-state index is 12.4. The number of ether oxygens (including phenoxy) is 1. The van der Waals surface area contributed by atoms with E-state index in [4.69, 9.17) is 10.5 Å². The Morgan fingerprint density at radius 2 is 1.79 bits per heavy atom. The zero-order valence-electron chi connectivity index (χ0n) is 13.2. The van der Waals surface area contributed by atoms with E-state index in [9.17, 15) is 9.59 Å². The third kappa shape index (κ3) is 3.84. The summed E-state index contributed by atoms with van der Waals surface area (Å²) in [6.45, 7) is 1.14. The molecule has 124 valence electrons. The van der Waals surface area contributed by atoms with Crippen LogP contribution in [0.15, 0.2) is 48.5 Å². The van der Waals surface area contributed by atoms with E-state index in [1.807, 2.05) is 12.1 Å². The lowest BCUT2D eigenvalue weighted by atomic mass is 10.0. The highest BCUT2D eigenvalue weighted by Gasteiger charge is 2.20. The number of primary amides is 1. The summed E-state index contributed by atoms with van der Waals surface area (Å²) in [4.78, 5) is 24.9. The minimum Gasteiger partial charge on any atom is -0.484 e. The van der Waals surface area contributed by atoms with Gasteiger partial charge in [0.25, 0.3) is 5.91 Å². The Labute approximate surface area is 140 Å². The fourth-order valence-electron chi connectivity index (χ4n) is 2.66. The minimum atomic E-state index is -0.530. The van der Waals surface area contributed by atoms with Crippen LogP contribution in [-0.2, 0) is 17.8 Å². The first kappa shape index (κ1) is 15.9. The number of nitrogens with one attached hydrogen (secondary N) is 1. The van der Waals surface area contributed by atoms with Gasteiger partial charge in [-0.15, -0.1) is 0 Å². The molecular weight excluding hydrogens is 306 g/mol. The summed E-state index contributed by atoms with van der Waals surface area (Å²) < 4.78 is 5.19. The Morgan fingerprint density at radius 3 is 2.50 bits per heavy atom. The van der Waals surface area contributed by atoms with Crippen molar-refractivity contribution in [1.82, 2.24) is 4.90 Å². The Morgan fingerprint density at radius 1 is 1.08 bits per heavy atom. The lowest BCUT2D eigenvalue weighted by molar-refractivity contribution is -0.119. The van der Waals surface area contributed by atoms with Crippen LogP contribution < -0.4 is 15.8 Å². The molecule has 3 amide bonds. The van der Waals surface area contributed by atoms with Crippen LogP contribution in [0.4, 0.5) is 10.5 Å². The molecule has 1 heterocycles. The quantitative estimate of drug-likeness (QED) is 0.903. The summed E-state index contributed by atoms with van der Waals surface area (Å²) in [6, 6.07) is 14.9. The molecule has 2 aromatic carbocycles. The van der Waals surface area contributed by atoms with Crippen molar-refractivity contribution < 1.29 is 14.3 Å². The number of urea groups is 1. The Bertz CT molecular complexity index is 743. The average molecular weight is 325 g/mol. The van der Waals surface area contributed by atoms with Gasteiger partial charge in [0.05, 0.1) is 0 Å². The van der Waals surface area contributed by atoms with Crippen LogP contribution in [0.3, 0.4) is 0 Å². The van der Waals surface area contributed by atoms with Gasteiger partial charge in [-0.05, 0) is 41.8 Å². The fourth-order valence-corrected chi connectivity index (χ4v) is 2.66. The number of anilines is 1. The second-order valence-electron chi connectivity index (χ2n) is 5.65. The lowest BCUT2D eigenvalue weighted by Gasteiger charge is -2.29. The predicted octanol–water partition coefficient (Wildman–Crippen LogP) is 2.14. The maximum atomic E-state index is 12.4. The molecule has 2 aromatic rings. The van der Waals surface area contributed by atoms with Gasteiger partial charge < -0.3 is 20.7 Å². The first-order valence-electron chi connectivity index (χ1n) is 7.76. The van der Waals surface area contributed by atoms with Crippen LogP contribution in [0.2, 0.25) is 0 Å². The molecule has 6 nitrogen and oxygen atoms in total. The van der Waals surface area contributed by atoms with E-state index in [1.54, 1.807) is 29.2 Å². The third-order valence-corrected chi connectivity index (χ3v) is 3.90.